The molecule has 0 bridgehead atoms. The zero-order chi connectivity index (χ0) is 27.6. The first kappa shape index (κ1) is 26.1. The average Bonchev–Trinajstić information content (AvgIpc) is 3.30. The molecule has 1 aliphatic carbocycles. The SMILES string of the molecule is O=C(c1nn(-c2ccc(CN3CCOCC3)cc2)c2c1CS(=O)(=O)c1c-2ccc(Cl)c1F)N1CCO[C@@H]2CC[C@@H]21. The summed E-state index contributed by atoms with van der Waals surface area (Å²) in [4.78, 5) is 17.5. The average molecular weight is 587 g/mol. The maximum absolute atomic E-state index is 15.2. The van der Waals surface area contributed by atoms with Crippen LogP contribution in [-0.4, -0.2) is 85.5 Å². The fraction of sp³-hybridized carbons (Fsp3) is 0.429. The van der Waals surface area contributed by atoms with Gasteiger partial charge in [-0.15, -0.1) is 0 Å². The van der Waals surface area contributed by atoms with Crippen LogP contribution in [0, 0.1) is 5.82 Å². The summed E-state index contributed by atoms with van der Waals surface area (Å²) < 4.78 is 54.7. The van der Waals surface area contributed by atoms with Crippen molar-refractivity contribution in [3.05, 3.63) is 64.1 Å². The molecule has 1 aromatic heterocycles. The van der Waals surface area contributed by atoms with Crippen LogP contribution in [0.1, 0.15) is 34.5 Å². The minimum Gasteiger partial charge on any atom is -0.379 e. The zero-order valence-electron chi connectivity index (χ0n) is 21.7. The van der Waals surface area contributed by atoms with Gasteiger partial charge in [-0.25, -0.2) is 17.5 Å². The van der Waals surface area contributed by atoms with Gasteiger partial charge >= 0.3 is 0 Å². The third-order valence-electron chi connectivity index (χ3n) is 8.33. The van der Waals surface area contributed by atoms with Crippen molar-refractivity contribution in [3.8, 4) is 16.9 Å². The molecule has 7 rings (SSSR count). The fourth-order valence-electron chi connectivity index (χ4n) is 6.13. The molecule has 3 fully saturated rings. The van der Waals surface area contributed by atoms with Crippen LogP contribution in [-0.2, 0) is 31.6 Å². The number of amides is 1. The first-order valence-corrected chi connectivity index (χ1v) is 15.5. The molecule has 40 heavy (non-hydrogen) atoms. The summed E-state index contributed by atoms with van der Waals surface area (Å²) in [6.07, 6.45) is 1.71. The van der Waals surface area contributed by atoms with Crippen LogP contribution in [0.15, 0.2) is 41.3 Å². The predicted molar refractivity (Wildman–Crippen MR) is 145 cm³/mol. The highest BCUT2D eigenvalue weighted by molar-refractivity contribution is 7.91. The second kappa shape index (κ2) is 9.92. The number of carbonyl (C=O) groups is 1. The summed E-state index contributed by atoms with van der Waals surface area (Å²) in [5, 5.41) is 4.45. The van der Waals surface area contributed by atoms with E-state index in [1.54, 1.807) is 9.58 Å². The van der Waals surface area contributed by atoms with Gasteiger partial charge in [-0.05, 0) is 42.7 Å². The smallest absolute Gasteiger partial charge is 0.275 e. The molecule has 3 aromatic rings. The molecular formula is C28H28ClFN4O5S. The van der Waals surface area contributed by atoms with Crippen LogP contribution < -0.4 is 0 Å². The molecule has 4 heterocycles. The summed E-state index contributed by atoms with van der Waals surface area (Å²) in [5.74, 6) is -1.86. The summed E-state index contributed by atoms with van der Waals surface area (Å²) in [6, 6.07) is 10.5. The number of morpholine rings is 2. The van der Waals surface area contributed by atoms with E-state index in [0.717, 1.165) is 38.0 Å². The summed E-state index contributed by atoms with van der Waals surface area (Å²) >= 11 is 6.00. The van der Waals surface area contributed by atoms with Gasteiger partial charge in [-0.3, -0.25) is 9.69 Å². The van der Waals surface area contributed by atoms with E-state index in [1.165, 1.54) is 12.1 Å². The number of nitrogens with zero attached hydrogens (tertiary/aromatic N) is 4. The van der Waals surface area contributed by atoms with Crippen molar-refractivity contribution in [1.29, 1.82) is 0 Å². The van der Waals surface area contributed by atoms with E-state index in [-0.39, 0.29) is 39.9 Å². The van der Waals surface area contributed by atoms with Crippen molar-refractivity contribution in [2.45, 2.75) is 42.2 Å². The van der Waals surface area contributed by atoms with E-state index in [1.807, 2.05) is 24.3 Å². The van der Waals surface area contributed by atoms with E-state index < -0.39 is 26.3 Å². The maximum atomic E-state index is 15.2. The van der Waals surface area contributed by atoms with E-state index in [0.29, 0.717) is 37.7 Å². The lowest BCUT2D eigenvalue weighted by Crippen LogP contribution is -2.59. The Morgan fingerprint density at radius 1 is 1.05 bits per heavy atom. The first-order chi connectivity index (χ1) is 19.3. The minimum absolute atomic E-state index is 0.00433. The summed E-state index contributed by atoms with van der Waals surface area (Å²) in [6.45, 7) is 4.75. The van der Waals surface area contributed by atoms with Gasteiger partial charge in [0, 0.05) is 37.3 Å². The number of fused-ring (bicyclic) bond motifs is 4. The Kier molecular flexibility index (Phi) is 6.47. The standard InChI is InChI=1S/C28H28ClFN4O5S/c29-21-6-5-19-26-20(16-40(36,37)27(19)24(21)30)25(28(35)33-11-14-39-23-8-7-22(23)33)31-34(26)18-3-1-17(2-4-18)15-32-9-12-38-13-10-32/h1-6,22-23H,7-16H2/t22-,23+/m0/s1. The molecule has 1 saturated carbocycles. The third kappa shape index (κ3) is 4.26. The second-order valence-corrected chi connectivity index (χ2v) is 13.0. The van der Waals surface area contributed by atoms with E-state index in [2.05, 4.69) is 4.90 Å². The highest BCUT2D eigenvalue weighted by Gasteiger charge is 2.45. The molecule has 0 spiro atoms. The number of benzene rings is 2. The predicted octanol–water partition coefficient (Wildman–Crippen LogP) is 3.45. The molecular weight excluding hydrogens is 559 g/mol. The van der Waals surface area contributed by atoms with Crippen LogP contribution >= 0.6 is 11.6 Å². The number of rotatable bonds is 4. The molecule has 12 heteroatoms. The lowest BCUT2D eigenvalue weighted by molar-refractivity contribution is -0.106. The van der Waals surface area contributed by atoms with Crippen molar-refractivity contribution >= 4 is 27.3 Å². The molecule has 1 amide bonds. The molecule has 0 unspecified atom stereocenters. The molecule has 4 aliphatic rings. The van der Waals surface area contributed by atoms with E-state index in [9.17, 15) is 13.2 Å². The lowest BCUT2D eigenvalue weighted by atomic mass is 9.86. The molecule has 9 nitrogen and oxygen atoms in total. The van der Waals surface area contributed by atoms with Crippen molar-refractivity contribution in [2.24, 2.45) is 0 Å². The van der Waals surface area contributed by atoms with Crippen LogP contribution in [0.4, 0.5) is 4.39 Å². The number of ether oxygens (including phenoxy) is 2. The van der Waals surface area contributed by atoms with Crippen LogP contribution in [0.5, 0.6) is 0 Å². The minimum atomic E-state index is -4.12. The Morgan fingerprint density at radius 2 is 1.82 bits per heavy atom. The largest absolute Gasteiger partial charge is 0.379 e. The number of hydrogen-bond acceptors (Lipinski definition) is 7. The number of hydrogen-bond donors (Lipinski definition) is 0. The molecule has 0 radical (unpaired) electrons. The van der Waals surface area contributed by atoms with Crippen LogP contribution in [0.25, 0.3) is 16.9 Å². The third-order valence-corrected chi connectivity index (χ3v) is 10.3. The normalized spacial score (nSPS) is 23.6. The van der Waals surface area contributed by atoms with E-state index >= 15 is 4.39 Å². The topological polar surface area (TPSA) is 94.0 Å². The zero-order valence-corrected chi connectivity index (χ0v) is 23.3. The second-order valence-electron chi connectivity index (χ2n) is 10.7. The Morgan fingerprint density at radius 3 is 2.55 bits per heavy atom. The van der Waals surface area contributed by atoms with E-state index in [4.69, 9.17) is 26.2 Å². The molecule has 0 N–H and O–H groups in total. The van der Waals surface area contributed by atoms with Crippen LogP contribution in [0.3, 0.4) is 0 Å². The van der Waals surface area contributed by atoms with Gasteiger partial charge in [0.1, 0.15) is 4.90 Å². The molecule has 2 saturated heterocycles. The van der Waals surface area contributed by atoms with Crippen molar-refractivity contribution < 1.29 is 27.1 Å². The van der Waals surface area contributed by atoms with Crippen molar-refractivity contribution in [3.63, 3.8) is 0 Å². The molecule has 3 aliphatic heterocycles. The monoisotopic (exact) mass is 586 g/mol. The first-order valence-electron chi connectivity index (χ1n) is 13.5. The van der Waals surface area contributed by atoms with Crippen LogP contribution in [0.2, 0.25) is 5.02 Å². The molecule has 2 atom stereocenters. The Bertz CT molecular complexity index is 1600. The van der Waals surface area contributed by atoms with Gasteiger partial charge in [0.15, 0.2) is 21.3 Å². The highest BCUT2D eigenvalue weighted by atomic mass is 35.5. The van der Waals surface area contributed by atoms with Gasteiger partial charge in [0.2, 0.25) is 0 Å². The number of halogens is 2. The summed E-state index contributed by atoms with van der Waals surface area (Å²) in [5.41, 5.74) is 2.64. The van der Waals surface area contributed by atoms with Gasteiger partial charge < -0.3 is 14.4 Å². The van der Waals surface area contributed by atoms with Gasteiger partial charge in [-0.2, -0.15) is 5.10 Å². The van der Waals surface area contributed by atoms with Crippen molar-refractivity contribution in [2.75, 3.05) is 39.5 Å². The fourth-order valence-corrected chi connectivity index (χ4v) is 8.02. The molecule has 2 aromatic carbocycles. The molecule has 210 valence electrons. The maximum Gasteiger partial charge on any atom is 0.275 e. The number of sulfone groups is 1. The van der Waals surface area contributed by atoms with Gasteiger partial charge in [0.05, 0.1) is 54.1 Å². The number of carbonyl (C=O) groups excluding carboxylic acids is 1. The quantitative estimate of drug-likeness (QED) is 0.462. The summed E-state index contributed by atoms with van der Waals surface area (Å²) in [7, 11) is -4.12. The Hall–Kier alpha value is -2.83. The van der Waals surface area contributed by atoms with Crippen molar-refractivity contribution in [1.82, 2.24) is 19.6 Å². The lowest BCUT2D eigenvalue weighted by Gasteiger charge is -2.47. The Balaban J connectivity index is 1.34. The van der Waals surface area contributed by atoms with Gasteiger partial charge in [0.25, 0.3) is 5.91 Å². The van der Waals surface area contributed by atoms with Gasteiger partial charge in [-0.1, -0.05) is 23.7 Å². The highest BCUT2D eigenvalue weighted by Crippen LogP contribution is 2.44. The Labute approximate surface area is 236 Å². The number of aromatic nitrogens is 2.